The van der Waals surface area contributed by atoms with Crippen molar-refractivity contribution in [3.05, 3.63) is 0 Å². The van der Waals surface area contributed by atoms with Crippen LogP contribution in [0.2, 0.25) is 0 Å². The molecule has 3 nitrogen and oxygen atoms in total. The number of alkyl halides is 1. The van der Waals surface area contributed by atoms with Crippen LogP contribution >= 0.6 is 11.9 Å². The molecule has 0 amide bonds. The van der Waals surface area contributed by atoms with Crippen LogP contribution in [0.25, 0.3) is 0 Å². The number of piperidine rings is 1. The zero-order valence-corrected chi connectivity index (χ0v) is 13.4. The predicted octanol–water partition coefficient (Wildman–Crippen LogP) is -2.22. The van der Waals surface area contributed by atoms with Gasteiger partial charge in [-0.05, 0) is 0 Å². The molecule has 0 aromatic heterocycles. The molecule has 2 aliphatic heterocycles. The van der Waals surface area contributed by atoms with Crippen molar-refractivity contribution in [2.24, 2.45) is 0 Å². The predicted molar refractivity (Wildman–Crippen MR) is 66.9 cm³/mol. The number of hydrogen-bond acceptors (Lipinski definition) is 3. The Morgan fingerprint density at radius 1 is 1.25 bits per heavy atom. The first-order chi connectivity index (χ1) is 7.72. The van der Waals surface area contributed by atoms with E-state index in [2.05, 4.69) is 21.7 Å². The third-order valence-corrected chi connectivity index (χ3v) is 8.65. The van der Waals surface area contributed by atoms with Crippen LogP contribution < -0.4 is 26.8 Å². The molecular formula is C11H24IN3S. The summed E-state index contributed by atoms with van der Waals surface area (Å²) in [5.41, 5.74) is 0. The summed E-state index contributed by atoms with van der Waals surface area (Å²) in [5.74, 6) is 0. The van der Waals surface area contributed by atoms with Gasteiger partial charge < -0.3 is 0 Å². The second-order valence-corrected chi connectivity index (χ2v) is 9.79. The molecule has 16 heavy (non-hydrogen) atoms. The molecule has 0 bridgehead atoms. The van der Waals surface area contributed by atoms with E-state index in [0.717, 1.165) is 3.92 Å². The average Bonchev–Trinajstić information content (AvgIpc) is 2.34. The molecule has 96 valence electrons. The summed E-state index contributed by atoms with van der Waals surface area (Å²) in [7, 11) is 2.38. The minimum absolute atomic E-state index is 0.309. The third kappa shape index (κ3) is 3.73. The summed E-state index contributed by atoms with van der Waals surface area (Å²) in [6, 6.07) is 0. The molecule has 0 radical (unpaired) electrons. The Labute approximate surface area is 115 Å². The van der Waals surface area contributed by atoms with Crippen molar-refractivity contribution in [2.45, 2.75) is 16.8 Å². The Bertz CT molecular complexity index is 213. The van der Waals surface area contributed by atoms with Gasteiger partial charge in [-0.1, -0.05) is 0 Å². The number of rotatable bonds is 3. The Kier molecular flexibility index (Phi) is 5.21. The second-order valence-electron chi connectivity index (χ2n) is 4.86. The first-order valence-electron chi connectivity index (χ1n) is 6.21. The van der Waals surface area contributed by atoms with E-state index in [1.54, 1.807) is 0 Å². The minimum atomic E-state index is 0.309. The van der Waals surface area contributed by atoms with Gasteiger partial charge in [0.2, 0.25) is 0 Å². The van der Waals surface area contributed by atoms with Crippen molar-refractivity contribution >= 4 is 11.9 Å². The van der Waals surface area contributed by atoms with Gasteiger partial charge in [0.1, 0.15) is 0 Å². The van der Waals surface area contributed by atoms with Crippen molar-refractivity contribution in [2.75, 3.05) is 52.6 Å². The first-order valence-corrected chi connectivity index (χ1v) is 9.61. The summed E-state index contributed by atoms with van der Waals surface area (Å²) in [6.45, 7) is 7.88. The van der Waals surface area contributed by atoms with Crippen molar-refractivity contribution in [1.82, 2.24) is 8.43 Å². The van der Waals surface area contributed by atoms with Crippen molar-refractivity contribution in [1.29, 1.82) is 0 Å². The van der Waals surface area contributed by atoms with E-state index in [4.69, 9.17) is 0 Å². The molecule has 1 N–H and O–H groups in total. The number of hydrogen-bond donors (Lipinski definition) is 1. The molecule has 0 atom stereocenters. The molecule has 2 rings (SSSR count). The molecule has 0 spiro atoms. The summed E-state index contributed by atoms with van der Waals surface area (Å²) >= 11 is 2.32. The van der Waals surface area contributed by atoms with E-state index in [1.165, 1.54) is 56.0 Å². The summed E-state index contributed by atoms with van der Waals surface area (Å²) in [6.07, 6.45) is 5.11. The standard InChI is InChI=1S/C11H24IN3S/c1-15(16-2)9-7-14(8-10-15)12-11-3-5-13-6-4-11/h11,13H,3-10H2,1-2H3. The number of nitrogens with one attached hydrogen (secondary N) is 1. The SMILES string of the molecule is CS[N+]1(C)CCN([I-]C2CCNCC2)CC1. The molecule has 2 fully saturated rings. The van der Waals surface area contributed by atoms with Crippen LogP contribution in [0.4, 0.5) is 0 Å². The van der Waals surface area contributed by atoms with Gasteiger partial charge in [-0.15, -0.1) is 0 Å². The first kappa shape index (κ1) is 13.4. The summed E-state index contributed by atoms with van der Waals surface area (Å²) < 4.78 is 5.07. The van der Waals surface area contributed by atoms with E-state index in [9.17, 15) is 0 Å². The van der Waals surface area contributed by atoms with Crippen LogP contribution in [0.5, 0.6) is 0 Å². The maximum atomic E-state index is 3.47. The van der Waals surface area contributed by atoms with E-state index in [0.29, 0.717) is 21.5 Å². The quantitative estimate of drug-likeness (QED) is 0.203. The summed E-state index contributed by atoms with van der Waals surface area (Å²) in [5, 5.41) is 3.47. The fourth-order valence-electron chi connectivity index (χ4n) is 2.22. The Balaban J connectivity index is 1.72. The molecule has 2 aliphatic rings. The molecule has 5 heteroatoms. The topological polar surface area (TPSA) is 15.3 Å². The van der Waals surface area contributed by atoms with Gasteiger partial charge in [0.15, 0.2) is 0 Å². The van der Waals surface area contributed by atoms with Crippen molar-refractivity contribution < 1.29 is 25.4 Å². The molecule has 0 aliphatic carbocycles. The zero-order valence-electron chi connectivity index (χ0n) is 10.4. The van der Waals surface area contributed by atoms with E-state index < -0.39 is 0 Å². The fourth-order valence-corrected chi connectivity index (χ4v) is 6.03. The van der Waals surface area contributed by atoms with Gasteiger partial charge in [-0.2, -0.15) is 0 Å². The van der Waals surface area contributed by atoms with Gasteiger partial charge in [0, 0.05) is 0 Å². The van der Waals surface area contributed by atoms with Crippen LogP contribution in [-0.2, 0) is 0 Å². The molecule has 0 unspecified atom stereocenters. The van der Waals surface area contributed by atoms with Crippen LogP contribution in [0, 0.1) is 0 Å². The van der Waals surface area contributed by atoms with E-state index in [-0.39, 0.29) is 0 Å². The fraction of sp³-hybridized carbons (Fsp3) is 1.00. The molecular weight excluding hydrogens is 333 g/mol. The Hall–Kier alpha value is 0.960. The van der Waals surface area contributed by atoms with Crippen molar-refractivity contribution in [3.8, 4) is 0 Å². The summed E-state index contributed by atoms with van der Waals surface area (Å²) in [4.78, 5) is 0. The molecule has 2 saturated heterocycles. The van der Waals surface area contributed by atoms with Crippen LogP contribution in [0.1, 0.15) is 12.8 Å². The van der Waals surface area contributed by atoms with Crippen molar-refractivity contribution in [3.63, 3.8) is 0 Å². The van der Waals surface area contributed by atoms with Gasteiger partial charge in [0.25, 0.3) is 0 Å². The van der Waals surface area contributed by atoms with Crippen LogP contribution in [0.3, 0.4) is 0 Å². The number of quaternary nitrogens is 1. The molecule has 0 aromatic carbocycles. The molecule has 0 aromatic rings. The Morgan fingerprint density at radius 2 is 1.88 bits per heavy atom. The van der Waals surface area contributed by atoms with Gasteiger partial charge in [-0.25, -0.2) is 0 Å². The van der Waals surface area contributed by atoms with E-state index >= 15 is 0 Å². The molecule has 2 heterocycles. The second kappa shape index (κ2) is 6.22. The van der Waals surface area contributed by atoms with E-state index in [1.807, 2.05) is 11.9 Å². The van der Waals surface area contributed by atoms with Gasteiger partial charge in [0.05, 0.1) is 0 Å². The van der Waals surface area contributed by atoms with Gasteiger partial charge >= 0.3 is 115 Å². The number of piperazine rings is 1. The number of likely N-dealkylation sites (N-methyl/N-ethyl adjacent to an activating group) is 1. The molecule has 0 saturated carbocycles. The Morgan fingerprint density at radius 3 is 2.44 bits per heavy atom. The zero-order chi connectivity index (χ0) is 11.4. The van der Waals surface area contributed by atoms with Crippen LogP contribution in [0.15, 0.2) is 0 Å². The number of halogens is 1. The maximum absolute atomic E-state index is 3.47. The van der Waals surface area contributed by atoms with Gasteiger partial charge in [-0.3, -0.25) is 0 Å². The number of nitrogens with zero attached hydrogens (tertiary/aromatic N) is 2. The monoisotopic (exact) mass is 357 g/mol. The average molecular weight is 357 g/mol. The third-order valence-electron chi connectivity index (χ3n) is 3.62. The normalized spacial score (nSPS) is 28.4. The van der Waals surface area contributed by atoms with Crippen LogP contribution in [-0.4, -0.2) is 63.5 Å².